The second-order valence-corrected chi connectivity index (χ2v) is 10.3. The van der Waals surface area contributed by atoms with E-state index in [2.05, 4.69) is 0 Å². The fraction of sp³-hybridized carbons (Fsp3) is 0.682. The van der Waals surface area contributed by atoms with Crippen LogP contribution in [0, 0.1) is 33.3 Å². The Balaban J connectivity index is 1.22. The molecule has 7 heteroatoms. The Hall–Kier alpha value is -1.82. The summed E-state index contributed by atoms with van der Waals surface area (Å²) in [7, 11) is 0. The minimum absolute atomic E-state index is 0.0332. The summed E-state index contributed by atoms with van der Waals surface area (Å²) < 4.78 is 0. The lowest BCUT2D eigenvalue weighted by Crippen LogP contribution is -2.52. The van der Waals surface area contributed by atoms with E-state index in [1.165, 1.54) is 44.6 Å². The number of anilines is 1. The van der Waals surface area contributed by atoms with Crippen molar-refractivity contribution in [1.29, 1.82) is 0 Å². The summed E-state index contributed by atoms with van der Waals surface area (Å²) in [6, 6.07) is 4.81. The highest BCUT2D eigenvalue weighted by molar-refractivity contribution is 6.30. The van der Waals surface area contributed by atoms with Gasteiger partial charge in [0.05, 0.1) is 4.92 Å². The number of amides is 1. The van der Waals surface area contributed by atoms with Crippen LogP contribution < -0.4 is 4.90 Å². The van der Waals surface area contributed by atoms with Crippen molar-refractivity contribution in [3.63, 3.8) is 0 Å². The number of nitrogens with zero attached hydrogens (tertiary/aromatic N) is 3. The Kier molecular flexibility index (Phi) is 4.72. The van der Waals surface area contributed by atoms with Gasteiger partial charge < -0.3 is 9.80 Å². The molecule has 5 aliphatic rings. The molecule has 156 valence electrons. The first-order valence-corrected chi connectivity index (χ1v) is 11.3. The molecule has 1 saturated heterocycles. The Labute approximate surface area is 176 Å². The molecule has 4 bridgehead atoms. The summed E-state index contributed by atoms with van der Waals surface area (Å²) in [5, 5.41) is 11.8. The average molecular weight is 418 g/mol. The summed E-state index contributed by atoms with van der Waals surface area (Å²) in [6.45, 7) is 2.50. The van der Waals surface area contributed by atoms with Crippen LogP contribution in [0.5, 0.6) is 0 Å². The molecule has 4 saturated carbocycles. The van der Waals surface area contributed by atoms with Gasteiger partial charge in [-0.05, 0) is 73.8 Å². The number of piperazine rings is 1. The van der Waals surface area contributed by atoms with Crippen LogP contribution in [0.25, 0.3) is 0 Å². The molecule has 1 aromatic carbocycles. The number of benzene rings is 1. The van der Waals surface area contributed by atoms with E-state index >= 15 is 0 Å². The topological polar surface area (TPSA) is 66.7 Å². The third-order valence-corrected chi connectivity index (χ3v) is 8.03. The molecule has 29 heavy (non-hydrogen) atoms. The number of halogens is 1. The summed E-state index contributed by atoms with van der Waals surface area (Å²) in [5.41, 5.74) is 0.885. The summed E-state index contributed by atoms with van der Waals surface area (Å²) in [4.78, 5) is 28.1. The van der Waals surface area contributed by atoms with E-state index in [4.69, 9.17) is 11.6 Å². The lowest BCUT2D eigenvalue weighted by molar-refractivity contribution is -0.384. The Morgan fingerprint density at radius 2 is 1.66 bits per heavy atom. The number of nitro groups is 1. The molecule has 1 aromatic rings. The van der Waals surface area contributed by atoms with Gasteiger partial charge in [0.2, 0.25) is 5.91 Å². The molecular formula is C22H28ClN3O3. The summed E-state index contributed by atoms with van der Waals surface area (Å²) >= 11 is 5.94. The average Bonchev–Trinajstić information content (AvgIpc) is 2.66. The molecule has 0 aromatic heterocycles. The van der Waals surface area contributed by atoms with Crippen molar-refractivity contribution in [2.24, 2.45) is 23.2 Å². The molecule has 6 nitrogen and oxygen atoms in total. The number of nitro benzene ring substituents is 1. The van der Waals surface area contributed by atoms with Gasteiger partial charge in [-0.25, -0.2) is 0 Å². The van der Waals surface area contributed by atoms with Crippen LogP contribution in [0.15, 0.2) is 18.2 Å². The molecule has 0 spiro atoms. The molecule has 1 amide bonds. The molecular weight excluding hydrogens is 390 g/mol. The van der Waals surface area contributed by atoms with Crippen molar-refractivity contribution in [3.8, 4) is 0 Å². The molecule has 1 aliphatic heterocycles. The molecule has 1 heterocycles. The normalized spacial score (nSPS) is 33.2. The van der Waals surface area contributed by atoms with Crippen molar-refractivity contribution in [1.82, 2.24) is 4.90 Å². The third kappa shape index (κ3) is 3.60. The number of carbonyl (C=O) groups excluding carboxylic acids is 1. The van der Waals surface area contributed by atoms with Crippen molar-refractivity contribution in [2.75, 3.05) is 31.1 Å². The highest BCUT2D eigenvalue weighted by Crippen LogP contribution is 2.61. The standard InChI is InChI=1S/C22H28ClN3O3/c23-18-1-2-19(20(10-18)26(28)29)24-3-5-25(6-4-24)21(27)14-22-11-15-7-16(12-22)9-17(8-15)13-22/h1-2,10,15-17H,3-9,11-14H2. The van der Waals surface area contributed by atoms with Crippen LogP contribution in [0.1, 0.15) is 44.9 Å². The maximum atomic E-state index is 13.1. The molecule has 4 aliphatic carbocycles. The highest BCUT2D eigenvalue weighted by Gasteiger charge is 2.51. The van der Waals surface area contributed by atoms with Gasteiger partial charge in [0.1, 0.15) is 5.69 Å². The predicted octanol–water partition coefficient (Wildman–Crippen LogP) is 4.50. The zero-order valence-corrected chi connectivity index (χ0v) is 17.4. The van der Waals surface area contributed by atoms with Gasteiger partial charge in [0.25, 0.3) is 5.69 Å². The Morgan fingerprint density at radius 1 is 1.07 bits per heavy atom. The van der Waals surface area contributed by atoms with Crippen molar-refractivity contribution < 1.29 is 9.72 Å². The van der Waals surface area contributed by atoms with Crippen molar-refractivity contribution in [3.05, 3.63) is 33.3 Å². The number of carbonyl (C=O) groups is 1. The molecule has 0 unspecified atom stereocenters. The minimum atomic E-state index is -0.383. The zero-order chi connectivity index (χ0) is 20.2. The predicted molar refractivity (Wildman–Crippen MR) is 112 cm³/mol. The second kappa shape index (κ2) is 7.15. The van der Waals surface area contributed by atoms with E-state index < -0.39 is 0 Å². The largest absolute Gasteiger partial charge is 0.362 e. The lowest BCUT2D eigenvalue weighted by Gasteiger charge is -2.57. The van der Waals surface area contributed by atoms with Crippen LogP contribution in [-0.4, -0.2) is 41.9 Å². The van der Waals surface area contributed by atoms with Crippen LogP contribution in [0.2, 0.25) is 5.02 Å². The second-order valence-electron chi connectivity index (χ2n) is 9.85. The maximum Gasteiger partial charge on any atom is 0.294 e. The van der Waals surface area contributed by atoms with E-state index in [9.17, 15) is 14.9 Å². The summed E-state index contributed by atoms with van der Waals surface area (Å²) in [6.07, 6.45) is 8.65. The van der Waals surface area contributed by atoms with Gasteiger partial charge in [-0.2, -0.15) is 0 Å². The molecule has 5 fully saturated rings. The number of hydrogen-bond acceptors (Lipinski definition) is 4. The van der Waals surface area contributed by atoms with E-state index in [0.29, 0.717) is 43.3 Å². The Morgan fingerprint density at radius 3 is 2.21 bits per heavy atom. The van der Waals surface area contributed by atoms with E-state index in [1.807, 2.05) is 9.80 Å². The van der Waals surface area contributed by atoms with E-state index in [1.54, 1.807) is 12.1 Å². The zero-order valence-electron chi connectivity index (χ0n) is 16.7. The van der Waals surface area contributed by atoms with Crippen molar-refractivity contribution >= 4 is 28.9 Å². The van der Waals surface area contributed by atoms with E-state index in [0.717, 1.165) is 17.8 Å². The van der Waals surface area contributed by atoms with Crippen LogP contribution in [-0.2, 0) is 4.79 Å². The third-order valence-electron chi connectivity index (χ3n) is 7.80. The minimum Gasteiger partial charge on any atom is -0.362 e. The molecule has 0 N–H and O–H groups in total. The SMILES string of the molecule is O=C(CC12CC3CC(CC(C3)C1)C2)N1CCN(c2ccc(Cl)cc2[N+](=O)[O-])CC1. The highest BCUT2D eigenvalue weighted by atomic mass is 35.5. The summed E-state index contributed by atoms with van der Waals surface area (Å²) in [5.74, 6) is 2.86. The molecule has 6 rings (SSSR count). The van der Waals surface area contributed by atoms with E-state index in [-0.39, 0.29) is 21.9 Å². The smallest absolute Gasteiger partial charge is 0.294 e. The van der Waals surface area contributed by atoms with Crippen LogP contribution >= 0.6 is 11.6 Å². The Bertz CT molecular complexity index is 799. The van der Waals surface area contributed by atoms with Gasteiger partial charge in [0, 0.05) is 43.7 Å². The quantitative estimate of drug-likeness (QED) is 0.534. The van der Waals surface area contributed by atoms with Crippen molar-refractivity contribution in [2.45, 2.75) is 44.9 Å². The number of hydrogen-bond donors (Lipinski definition) is 0. The molecule has 0 atom stereocenters. The fourth-order valence-electron chi connectivity index (χ4n) is 7.05. The lowest BCUT2D eigenvalue weighted by atomic mass is 9.49. The van der Waals surface area contributed by atoms with Gasteiger partial charge in [0.15, 0.2) is 0 Å². The first-order valence-electron chi connectivity index (χ1n) is 10.9. The molecule has 0 radical (unpaired) electrons. The van der Waals surface area contributed by atoms with Crippen LogP contribution in [0.4, 0.5) is 11.4 Å². The van der Waals surface area contributed by atoms with Crippen LogP contribution in [0.3, 0.4) is 0 Å². The first-order chi connectivity index (χ1) is 13.9. The fourth-order valence-corrected chi connectivity index (χ4v) is 7.21. The van der Waals surface area contributed by atoms with Gasteiger partial charge in [-0.1, -0.05) is 11.6 Å². The maximum absolute atomic E-state index is 13.1. The van der Waals surface area contributed by atoms with Gasteiger partial charge in [-0.3, -0.25) is 14.9 Å². The first kappa shape index (κ1) is 19.2. The van der Waals surface area contributed by atoms with Gasteiger partial charge >= 0.3 is 0 Å². The number of rotatable bonds is 4. The van der Waals surface area contributed by atoms with Gasteiger partial charge in [-0.15, -0.1) is 0 Å². The monoisotopic (exact) mass is 417 g/mol.